The van der Waals surface area contributed by atoms with Crippen LogP contribution < -0.4 is 0 Å². The smallest absolute Gasteiger partial charge is 0.118 e. The summed E-state index contributed by atoms with van der Waals surface area (Å²) >= 11 is 2.02. The van der Waals surface area contributed by atoms with Crippen molar-refractivity contribution in [1.82, 2.24) is 0 Å². The first-order valence-corrected chi connectivity index (χ1v) is 12.0. The number of thioether (sulfide) groups is 1. The fourth-order valence-corrected chi connectivity index (χ4v) is 8.18. The molecule has 1 aliphatic rings. The molecule has 1 unspecified atom stereocenters. The molecule has 20 heavy (non-hydrogen) atoms. The molecule has 0 aromatic heterocycles. The molecule has 1 atom stereocenters. The second kappa shape index (κ2) is 9.77. The predicted octanol–water partition coefficient (Wildman–Crippen LogP) is 5.20. The molecule has 0 amide bonds. The molecular formula is C16H32N2SSi. The Morgan fingerprint density at radius 1 is 1.35 bits per heavy atom. The largest absolute Gasteiger partial charge is 0.298 e. The molecule has 1 heterocycles. The molecule has 4 heteroatoms. The van der Waals surface area contributed by atoms with Crippen molar-refractivity contribution >= 4 is 30.7 Å². The summed E-state index contributed by atoms with van der Waals surface area (Å²) < 4.78 is 1.52. The monoisotopic (exact) mass is 312 g/mol. The van der Waals surface area contributed by atoms with E-state index in [2.05, 4.69) is 38.5 Å². The third kappa shape index (κ3) is 5.72. The SMILES string of the molecule is CCCCCCN=CCC[Si](C)(C1=NCCS1)C(C)C. The second-order valence-corrected chi connectivity index (χ2v) is 12.7. The minimum Gasteiger partial charge on any atom is -0.298 e. The highest BCUT2D eigenvalue weighted by atomic mass is 32.2. The second-order valence-electron chi connectivity index (χ2n) is 6.30. The van der Waals surface area contributed by atoms with Gasteiger partial charge in [-0.2, -0.15) is 0 Å². The average molecular weight is 313 g/mol. The molecule has 116 valence electrons. The van der Waals surface area contributed by atoms with E-state index in [9.17, 15) is 0 Å². The van der Waals surface area contributed by atoms with Gasteiger partial charge < -0.3 is 0 Å². The zero-order valence-electron chi connectivity index (χ0n) is 13.8. The third-order valence-electron chi connectivity index (χ3n) is 4.41. The molecule has 0 radical (unpaired) electrons. The highest BCUT2D eigenvalue weighted by molar-refractivity contribution is 8.18. The lowest BCUT2D eigenvalue weighted by molar-refractivity contribution is 0.675. The zero-order chi connectivity index (χ0) is 14.8. The van der Waals surface area contributed by atoms with Gasteiger partial charge in [0, 0.05) is 23.5 Å². The van der Waals surface area contributed by atoms with E-state index in [1.807, 2.05) is 11.8 Å². The van der Waals surface area contributed by atoms with E-state index in [0.717, 1.165) is 25.1 Å². The lowest BCUT2D eigenvalue weighted by Gasteiger charge is -2.30. The van der Waals surface area contributed by atoms with E-state index in [0.29, 0.717) is 0 Å². The highest BCUT2D eigenvalue weighted by Crippen LogP contribution is 2.34. The molecule has 2 nitrogen and oxygen atoms in total. The molecule has 1 aliphatic heterocycles. The van der Waals surface area contributed by atoms with Crippen molar-refractivity contribution < 1.29 is 0 Å². The van der Waals surface area contributed by atoms with Crippen LogP contribution in [0.25, 0.3) is 0 Å². The van der Waals surface area contributed by atoms with Crippen LogP contribution in [0.1, 0.15) is 52.9 Å². The first-order valence-electron chi connectivity index (χ1n) is 8.27. The molecule has 0 saturated carbocycles. The lowest BCUT2D eigenvalue weighted by Crippen LogP contribution is -2.41. The Morgan fingerprint density at radius 2 is 2.15 bits per heavy atom. The molecule has 1 rings (SSSR count). The van der Waals surface area contributed by atoms with E-state index in [-0.39, 0.29) is 0 Å². The van der Waals surface area contributed by atoms with Crippen LogP contribution in [0.15, 0.2) is 9.98 Å². The minimum absolute atomic E-state index is 0.782. The summed E-state index contributed by atoms with van der Waals surface area (Å²) in [5.41, 5.74) is 0.782. The van der Waals surface area contributed by atoms with Crippen molar-refractivity contribution in [2.45, 2.75) is 71.0 Å². The van der Waals surface area contributed by atoms with E-state index < -0.39 is 8.07 Å². The van der Waals surface area contributed by atoms with Gasteiger partial charge in [-0.1, -0.05) is 46.6 Å². The van der Waals surface area contributed by atoms with Gasteiger partial charge in [-0.15, -0.1) is 11.8 Å². The standard InChI is InChI=1S/C16H32N2SSi/c1-5-6-7-8-10-17-11-9-14-20(4,15(2)3)16-18-12-13-19-16/h11,15H,5-10,12-14H2,1-4H3. The molecule has 0 saturated heterocycles. The summed E-state index contributed by atoms with van der Waals surface area (Å²) in [6, 6.07) is 1.31. The molecule has 0 fully saturated rings. The van der Waals surface area contributed by atoms with Crippen molar-refractivity contribution in [3.8, 4) is 0 Å². The summed E-state index contributed by atoms with van der Waals surface area (Å²) in [5, 5.41) is 0. The summed E-state index contributed by atoms with van der Waals surface area (Å²) in [6.45, 7) is 11.6. The fraction of sp³-hybridized carbons (Fsp3) is 0.875. The maximum Gasteiger partial charge on any atom is 0.118 e. The van der Waals surface area contributed by atoms with Gasteiger partial charge in [0.25, 0.3) is 0 Å². The highest BCUT2D eigenvalue weighted by Gasteiger charge is 2.37. The maximum atomic E-state index is 4.77. The summed E-state index contributed by atoms with van der Waals surface area (Å²) in [4.78, 5) is 9.36. The van der Waals surface area contributed by atoms with E-state index in [4.69, 9.17) is 4.99 Å². The number of nitrogens with zero attached hydrogens (tertiary/aromatic N) is 2. The number of aliphatic imine (C=N–C) groups is 2. The predicted molar refractivity (Wildman–Crippen MR) is 98.4 cm³/mol. The van der Waals surface area contributed by atoms with Crippen LogP contribution in [0.5, 0.6) is 0 Å². The van der Waals surface area contributed by atoms with Crippen LogP contribution >= 0.6 is 11.8 Å². The first kappa shape index (κ1) is 18.0. The van der Waals surface area contributed by atoms with Gasteiger partial charge in [-0.3, -0.25) is 9.98 Å². The fourth-order valence-electron chi connectivity index (χ4n) is 2.50. The van der Waals surface area contributed by atoms with Gasteiger partial charge in [0.2, 0.25) is 0 Å². The Hall–Kier alpha value is -0.0931. The van der Waals surface area contributed by atoms with Gasteiger partial charge in [-0.25, -0.2) is 0 Å². The van der Waals surface area contributed by atoms with Gasteiger partial charge in [-0.05, 0) is 30.6 Å². The number of rotatable bonds is 10. The van der Waals surface area contributed by atoms with Crippen molar-refractivity contribution in [3.63, 3.8) is 0 Å². The first-order chi connectivity index (χ1) is 9.61. The Balaban J connectivity index is 2.31. The van der Waals surface area contributed by atoms with Crippen molar-refractivity contribution in [2.75, 3.05) is 18.8 Å². The Bertz CT molecular complexity index is 328. The van der Waals surface area contributed by atoms with Crippen LogP contribution in [0, 0.1) is 0 Å². The number of hydrogen-bond donors (Lipinski definition) is 0. The summed E-state index contributed by atoms with van der Waals surface area (Å²) in [6.07, 6.45) is 8.58. The lowest BCUT2D eigenvalue weighted by atomic mass is 10.2. The average Bonchev–Trinajstić information content (AvgIpc) is 2.95. The topological polar surface area (TPSA) is 24.7 Å². The van der Waals surface area contributed by atoms with Crippen LogP contribution in [-0.2, 0) is 0 Å². The molecule has 0 N–H and O–H groups in total. The zero-order valence-corrected chi connectivity index (χ0v) is 15.6. The molecule has 0 aromatic rings. The molecule has 0 spiro atoms. The molecule has 0 aliphatic carbocycles. The number of hydrogen-bond acceptors (Lipinski definition) is 3. The van der Waals surface area contributed by atoms with Crippen molar-refractivity contribution in [1.29, 1.82) is 0 Å². The van der Waals surface area contributed by atoms with Crippen molar-refractivity contribution in [3.05, 3.63) is 0 Å². The quantitative estimate of drug-likeness (QED) is 0.309. The summed E-state index contributed by atoms with van der Waals surface area (Å²) in [5.74, 6) is 1.20. The van der Waals surface area contributed by atoms with Gasteiger partial charge in [0.05, 0.1) is 0 Å². The van der Waals surface area contributed by atoms with Crippen LogP contribution in [-0.4, -0.2) is 37.8 Å². The third-order valence-corrected chi connectivity index (χ3v) is 12.0. The molecule has 0 bridgehead atoms. The molecular weight excluding hydrogens is 280 g/mol. The van der Waals surface area contributed by atoms with Crippen LogP contribution in [0.4, 0.5) is 0 Å². The Labute approximate surface area is 131 Å². The van der Waals surface area contributed by atoms with E-state index in [1.54, 1.807) is 0 Å². The normalized spacial score (nSPS) is 18.8. The summed E-state index contributed by atoms with van der Waals surface area (Å²) in [7, 11) is -1.35. The van der Waals surface area contributed by atoms with Crippen molar-refractivity contribution in [2.24, 2.45) is 9.98 Å². The maximum absolute atomic E-state index is 4.77. The van der Waals surface area contributed by atoms with Gasteiger partial charge in [0.15, 0.2) is 0 Å². The number of unbranched alkanes of at least 4 members (excludes halogenated alkanes) is 3. The van der Waals surface area contributed by atoms with E-state index >= 15 is 0 Å². The minimum atomic E-state index is -1.35. The Kier molecular flexibility index (Phi) is 8.77. The van der Waals surface area contributed by atoms with Crippen LogP contribution in [0.3, 0.4) is 0 Å². The van der Waals surface area contributed by atoms with Gasteiger partial charge >= 0.3 is 0 Å². The Morgan fingerprint density at radius 3 is 2.75 bits per heavy atom. The molecule has 0 aromatic carbocycles. The van der Waals surface area contributed by atoms with Crippen LogP contribution in [0.2, 0.25) is 18.1 Å². The van der Waals surface area contributed by atoms with E-state index in [1.165, 1.54) is 42.1 Å². The van der Waals surface area contributed by atoms with Gasteiger partial charge in [0.1, 0.15) is 8.07 Å².